The van der Waals surface area contributed by atoms with E-state index in [2.05, 4.69) is 10.3 Å². The molecule has 168 valence electrons. The van der Waals surface area contributed by atoms with Crippen molar-refractivity contribution in [3.63, 3.8) is 0 Å². The van der Waals surface area contributed by atoms with Crippen LogP contribution in [0.15, 0.2) is 85.1 Å². The molecule has 0 saturated heterocycles. The largest absolute Gasteiger partial charge is 0.416 e. The van der Waals surface area contributed by atoms with Crippen LogP contribution in [0.25, 0.3) is 21.9 Å². The minimum atomic E-state index is -4.39. The van der Waals surface area contributed by atoms with E-state index in [-0.39, 0.29) is 12.5 Å². The SMILES string of the molecule is O=C(NC(CO)Cc1ccccn1)c1ccc2c(-c3ccc(C(F)(F)F)cc3)cccc2c1. The van der Waals surface area contributed by atoms with Crippen molar-refractivity contribution < 1.29 is 23.1 Å². The van der Waals surface area contributed by atoms with E-state index in [9.17, 15) is 23.1 Å². The van der Waals surface area contributed by atoms with E-state index in [1.807, 2.05) is 24.3 Å². The van der Waals surface area contributed by atoms with Gasteiger partial charge in [0.25, 0.3) is 5.91 Å². The Labute approximate surface area is 188 Å². The van der Waals surface area contributed by atoms with Crippen LogP contribution in [-0.2, 0) is 12.6 Å². The molecule has 33 heavy (non-hydrogen) atoms. The fourth-order valence-electron chi connectivity index (χ4n) is 3.72. The quantitative estimate of drug-likeness (QED) is 0.422. The number of amides is 1. The van der Waals surface area contributed by atoms with E-state index >= 15 is 0 Å². The van der Waals surface area contributed by atoms with Crippen LogP contribution in [-0.4, -0.2) is 28.6 Å². The summed E-state index contributed by atoms with van der Waals surface area (Å²) >= 11 is 0. The molecule has 1 aromatic heterocycles. The highest BCUT2D eigenvalue weighted by molar-refractivity contribution is 6.02. The summed E-state index contributed by atoms with van der Waals surface area (Å²) in [5, 5.41) is 14.1. The van der Waals surface area contributed by atoms with Crippen LogP contribution >= 0.6 is 0 Å². The Morgan fingerprint density at radius 3 is 2.42 bits per heavy atom. The summed E-state index contributed by atoms with van der Waals surface area (Å²) in [6.45, 7) is -0.228. The predicted octanol–water partition coefficient (Wildman–Crippen LogP) is 5.25. The zero-order valence-corrected chi connectivity index (χ0v) is 17.5. The average Bonchev–Trinajstić information content (AvgIpc) is 2.83. The Balaban J connectivity index is 1.57. The number of nitrogens with one attached hydrogen (secondary N) is 1. The number of halogens is 3. The first-order chi connectivity index (χ1) is 15.8. The molecule has 4 rings (SSSR count). The number of aliphatic hydroxyl groups is 1. The number of carbonyl (C=O) groups is 1. The number of aromatic nitrogens is 1. The van der Waals surface area contributed by atoms with Crippen molar-refractivity contribution in [1.29, 1.82) is 0 Å². The Kier molecular flexibility index (Phi) is 6.42. The summed E-state index contributed by atoms with van der Waals surface area (Å²) in [4.78, 5) is 17.0. The molecule has 0 bridgehead atoms. The van der Waals surface area contributed by atoms with Crippen molar-refractivity contribution in [3.8, 4) is 11.1 Å². The molecule has 0 spiro atoms. The second-order valence-electron chi connectivity index (χ2n) is 7.69. The summed E-state index contributed by atoms with van der Waals surface area (Å²) < 4.78 is 38.6. The third kappa shape index (κ3) is 5.21. The van der Waals surface area contributed by atoms with Crippen molar-refractivity contribution in [2.24, 2.45) is 0 Å². The molecule has 0 radical (unpaired) electrons. The molecule has 2 N–H and O–H groups in total. The van der Waals surface area contributed by atoms with Crippen LogP contribution in [0.5, 0.6) is 0 Å². The molecule has 1 atom stereocenters. The van der Waals surface area contributed by atoms with Gasteiger partial charge in [-0.3, -0.25) is 9.78 Å². The second-order valence-corrected chi connectivity index (χ2v) is 7.69. The molecule has 7 heteroatoms. The van der Waals surface area contributed by atoms with E-state index in [0.717, 1.165) is 34.2 Å². The lowest BCUT2D eigenvalue weighted by Crippen LogP contribution is -2.39. The molecule has 4 aromatic rings. The fraction of sp³-hybridized carbons (Fsp3) is 0.154. The highest BCUT2D eigenvalue weighted by Crippen LogP contribution is 2.33. The van der Waals surface area contributed by atoms with Gasteiger partial charge in [0, 0.05) is 23.9 Å². The van der Waals surface area contributed by atoms with E-state index in [1.165, 1.54) is 12.1 Å². The standard InChI is InChI=1S/C26H21F3N2O2/c27-26(28,29)20-10-7-17(8-11-20)23-6-3-4-18-14-19(9-12-24(18)23)25(33)31-22(16-32)15-21-5-1-2-13-30-21/h1-14,22,32H,15-16H2,(H,31,33). The summed E-state index contributed by atoms with van der Waals surface area (Å²) in [5.74, 6) is -0.327. The number of rotatable bonds is 6. The van der Waals surface area contributed by atoms with Crippen molar-refractivity contribution in [2.75, 3.05) is 6.61 Å². The maximum absolute atomic E-state index is 12.9. The highest BCUT2D eigenvalue weighted by atomic mass is 19.4. The summed E-state index contributed by atoms with van der Waals surface area (Å²) in [6.07, 6.45) is -2.33. The summed E-state index contributed by atoms with van der Waals surface area (Å²) in [7, 11) is 0. The smallest absolute Gasteiger partial charge is 0.394 e. The number of aliphatic hydroxyl groups excluding tert-OH is 1. The molecule has 1 unspecified atom stereocenters. The molecule has 0 aliphatic rings. The minimum absolute atomic E-state index is 0.228. The van der Waals surface area contributed by atoms with Crippen LogP contribution in [0.2, 0.25) is 0 Å². The molecule has 0 fully saturated rings. The Morgan fingerprint density at radius 1 is 0.970 bits per heavy atom. The maximum Gasteiger partial charge on any atom is 0.416 e. The Hall–Kier alpha value is -3.71. The van der Waals surface area contributed by atoms with Gasteiger partial charge < -0.3 is 10.4 Å². The number of alkyl halides is 3. The van der Waals surface area contributed by atoms with Crippen molar-refractivity contribution in [1.82, 2.24) is 10.3 Å². The molecular formula is C26H21F3N2O2. The van der Waals surface area contributed by atoms with E-state index in [0.29, 0.717) is 17.5 Å². The molecule has 3 aromatic carbocycles. The topological polar surface area (TPSA) is 62.2 Å². The van der Waals surface area contributed by atoms with Crippen LogP contribution in [0.4, 0.5) is 13.2 Å². The monoisotopic (exact) mass is 450 g/mol. The Bertz CT molecular complexity index is 1260. The molecule has 0 aliphatic heterocycles. The lowest BCUT2D eigenvalue weighted by molar-refractivity contribution is -0.137. The highest BCUT2D eigenvalue weighted by Gasteiger charge is 2.30. The molecule has 0 saturated carbocycles. The second kappa shape index (κ2) is 9.42. The van der Waals surface area contributed by atoms with Gasteiger partial charge in [-0.15, -0.1) is 0 Å². The molecule has 1 heterocycles. The predicted molar refractivity (Wildman–Crippen MR) is 121 cm³/mol. The maximum atomic E-state index is 12.9. The number of hydrogen-bond acceptors (Lipinski definition) is 3. The zero-order valence-electron chi connectivity index (χ0n) is 17.5. The van der Waals surface area contributed by atoms with Gasteiger partial charge in [-0.25, -0.2) is 0 Å². The first kappa shape index (κ1) is 22.5. The van der Waals surface area contributed by atoms with Gasteiger partial charge in [0.1, 0.15) is 0 Å². The minimum Gasteiger partial charge on any atom is -0.394 e. The van der Waals surface area contributed by atoms with Crippen LogP contribution in [0.1, 0.15) is 21.6 Å². The average molecular weight is 450 g/mol. The number of nitrogens with zero attached hydrogens (tertiary/aromatic N) is 1. The van der Waals surface area contributed by atoms with Gasteiger partial charge in [0.15, 0.2) is 0 Å². The van der Waals surface area contributed by atoms with Crippen molar-refractivity contribution in [2.45, 2.75) is 18.6 Å². The number of benzene rings is 3. The van der Waals surface area contributed by atoms with Gasteiger partial charge in [-0.05, 0) is 58.3 Å². The molecular weight excluding hydrogens is 429 g/mol. The van der Waals surface area contributed by atoms with Crippen LogP contribution in [0.3, 0.4) is 0 Å². The van der Waals surface area contributed by atoms with Crippen LogP contribution < -0.4 is 5.32 Å². The number of fused-ring (bicyclic) bond motifs is 1. The van der Waals surface area contributed by atoms with Gasteiger partial charge in [0.05, 0.1) is 18.2 Å². The third-order valence-corrected chi connectivity index (χ3v) is 5.40. The number of carbonyl (C=O) groups excluding carboxylic acids is 1. The van der Waals surface area contributed by atoms with Crippen molar-refractivity contribution in [3.05, 3.63) is 102 Å². The zero-order chi connectivity index (χ0) is 23.4. The van der Waals surface area contributed by atoms with E-state index in [1.54, 1.807) is 36.5 Å². The first-order valence-corrected chi connectivity index (χ1v) is 10.4. The number of pyridine rings is 1. The van der Waals surface area contributed by atoms with Gasteiger partial charge in [-0.1, -0.05) is 42.5 Å². The summed E-state index contributed by atoms with van der Waals surface area (Å²) in [5.41, 5.74) is 1.91. The van der Waals surface area contributed by atoms with Gasteiger partial charge >= 0.3 is 6.18 Å². The van der Waals surface area contributed by atoms with Crippen LogP contribution in [0, 0.1) is 0 Å². The summed E-state index contributed by atoms with van der Waals surface area (Å²) in [6, 6.07) is 20.7. The van der Waals surface area contributed by atoms with Gasteiger partial charge in [-0.2, -0.15) is 13.2 Å². The van der Waals surface area contributed by atoms with Gasteiger partial charge in [0.2, 0.25) is 0 Å². The van der Waals surface area contributed by atoms with E-state index in [4.69, 9.17) is 0 Å². The third-order valence-electron chi connectivity index (χ3n) is 5.40. The molecule has 1 amide bonds. The lowest BCUT2D eigenvalue weighted by atomic mass is 9.96. The lowest BCUT2D eigenvalue weighted by Gasteiger charge is -2.16. The normalized spacial score (nSPS) is 12.5. The number of hydrogen-bond donors (Lipinski definition) is 2. The molecule has 4 nitrogen and oxygen atoms in total. The molecule has 0 aliphatic carbocycles. The van der Waals surface area contributed by atoms with Crippen molar-refractivity contribution >= 4 is 16.7 Å². The van der Waals surface area contributed by atoms with E-state index < -0.39 is 17.8 Å². The first-order valence-electron chi connectivity index (χ1n) is 10.4. The Morgan fingerprint density at radius 2 is 1.76 bits per heavy atom. The fourth-order valence-corrected chi connectivity index (χ4v) is 3.72.